The summed E-state index contributed by atoms with van der Waals surface area (Å²) in [6.07, 6.45) is 3.33. The number of imidazole rings is 1. The van der Waals surface area contributed by atoms with Gasteiger partial charge in [-0.1, -0.05) is 19.9 Å². The molecule has 6 nitrogen and oxygen atoms in total. The van der Waals surface area contributed by atoms with Crippen molar-refractivity contribution in [2.75, 3.05) is 12.8 Å². The quantitative estimate of drug-likeness (QED) is 0.848. The number of ether oxygens (including phenoxy) is 1. The highest BCUT2D eigenvalue weighted by molar-refractivity contribution is 5.92. The molecule has 0 aromatic carbocycles. The number of methoxy groups -OCH3 is 1. The molecule has 0 aliphatic heterocycles. The van der Waals surface area contributed by atoms with Crippen molar-refractivity contribution in [3.63, 3.8) is 0 Å². The van der Waals surface area contributed by atoms with Crippen LogP contribution in [0.4, 0.5) is 5.82 Å². The van der Waals surface area contributed by atoms with Gasteiger partial charge in [0, 0.05) is 12.6 Å². The van der Waals surface area contributed by atoms with Gasteiger partial charge in [0.2, 0.25) is 0 Å². The minimum Gasteiger partial charge on any atom is -0.464 e. The zero-order valence-electron chi connectivity index (χ0n) is 12.6. The van der Waals surface area contributed by atoms with Gasteiger partial charge in [0.05, 0.1) is 19.3 Å². The van der Waals surface area contributed by atoms with Crippen molar-refractivity contribution in [3.8, 4) is 0 Å². The fraction of sp³-hybridized carbons (Fsp3) is 0.400. The fourth-order valence-electron chi connectivity index (χ4n) is 2.29. The van der Waals surface area contributed by atoms with Gasteiger partial charge in [-0.2, -0.15) is 0 Å². The summed E-state index contributed by atoms with van der Waals surface area (Å²) in [7, 11) is 1.32. The van der Waals surface area contributed by atoms with Crippen LogP contribution in [0.5, 0.6) is 0 Å². The lowest BCUT2D eigenvalue weighted by Crippen LogP contribution is -2.12. The SMILES string of the molecule is CCc1cccnc1Cn1c(CC)nc(C(=O)OC)c1N. The Bertz CT molecular complexity index is 649. The van der Waals surface area contributed by atoms with Crippen LogP contribution in [0.25, 0.3) is 0 Å². The lowest BCUT2D eigenvalue weighted by Gasteiger charge is -2.11. The van der Waals surface area contributed by atoms with E-state index in [1.54, 1.807) is 6.20 Å². The normalized spacial score (nSPS) is 10.6. The largest absolute Gasteiger partial charge is 0.464 e. The number of carbonyl (C=O) groups is 1. The average Bonchev–Trinajstić information content (AvgIpc) is 2.83. The second kappa shape index (κ2) is 6.39. The van der Waals surface area contributed by atoms with E-state index in [-0.39, 0.29) is 5.69 Å². The summed E-state index contributed by atoms with van der Waals surface area (Å²) in [5.41, 5.74) is 8.34. The molecular weight excluding hydrogens is 268 g/mol. The number of aromatic nitrogens is 3. The number of esters is 1. The lowest BCUT2D eigenvalue weighted by atomic mass is 10.1. The molecule has 0 saturated carbocycles. The zero-order chi connectivity index (χ0) is 15.4. The van der Waals surface area contributed by atoms with Crippen molar-refractivity contribution in [1.29, 1.82) is 0 Å². The topological polar surface area (TPSA) is 83.0 Å². The fourth-order valence-corrected chi connectivity index (χ4v) is 2.29. The molecule has 0 radical (unpaired) electrons. The maximum atomic E-state index is 11.7. The van der Waals surface area contributed by atoms with Gasteiger partial charge in [0.25, 0.3) is 0 Å². The van der Waals surface area contributed by atoms with Crippen molar-refractivity contribution in [2.24, 2.45) is 0 Å². The molecule has 112 valence electrons. The Morgan fingerprint density at radius 2 is 2.14 bits per heavy atom. The van der Waals surface area contributed by atoms with E-state index in [1.165, 1.54) is 7.11 Å². The summed E-state index contributed by atoms with van der Waals surface area (Å²) in [5.74, 6) is 0.560. The van der Waals surface area contributed by atoms with E-state index in [0.717, 1.165) is 23.5 Å². The first-order chi connectivity index (χ1) is 10.1. The van der Waals surface area contributed by atoms with Crippen molar-refractivity contribution in [2.45, 2.75) is 33.2 Å². The van der Waals surface area contributed by atoms with Crippen molar-refractivity contribution in [1.82, 2.24) is 14.5 Å². The van der Waals surface area contributed by atoms with Gasteiger partial charge in [0.1, 0.15) is 11.6 Å². The summed E-state index contributed by atoms with van der Waals surface area (Å²) >= 11 is 0. The summed E-state index contributed by atoms with van der Waals surface area (Å²) in [6, 6.07) is 3.96. The van der Waals surface area contributed by atoms with E-state index in [9.17, 15) is 4.79 Å². The number of pyridine rings is 1. The third kappa shape index (κ3) is 2.89. The predicted octanol–water partition coefficient (Wildman–Crippen LogP) is 1.82. The van der Waals surface area contributed by atoms with Crippen LogP contribution in [-0.4, -0.2) is 27.6 Å². The van der Waals surface area contributed by atoms with Gasteiger partial charge in [0.15, 0.2) is 5.69 Å². The molecule has 2 N–H and O–H groups in total. The number of nitrogens with two attached hydrogens (primary N) is 1. The highest BCUT2D eigenvalue weighted by Crippen LogP contribution is 2.19. The minimum atomic E-state index is -0.516. The summed E-state index contributed by atoms with van der Waals surface area (Å²) in [4.78, 5) is 20.4. The monoisotopic (exact) mass is 288 g/mol. The van der Waals surface area contributed by atoms with Gasteiger partial charge in [-0.15, -0.1) is 0 Å². The molecule has 2 aromatic heterocycles. The first kappa shape index (κ1) is 15.0. The number of hydrogen-bond donors (Lipinski definition) is 1. The number of aryl methyl sites for hydroxylation is 2. The first-order valence-corrected chi connectivity index (χ1v) is 6.98. The van der Waals surface area contributed by atoms with Crippen LogP contribution in [0, 0.1) is 0 Å². The molecule has 2 aromatic rings. The van der Waals surface area contributed by atoms with Crippen molar-refractivity contribution in [3.05, 3.63) is 41.1 Å². The molecule has 21 heavy (non-hydrogen) atoms. The van der Waals surface area contributed by atoms with Crippen LogP contribution in [0.2, 0.25) is 0 Å². The molecule has 0 fully saturated rings. The van der Waals surface area contributed by atoms with Crippen LogP contribution in [0.3, 0.4) is 0 Å². The van der Waals surface area contributed by atoms with Gasteiger partial charge < -0.3 is 15.0 Å². The van der Waals surface area contributed by atoms with Crippen LogP contribution in [0.15, 0.2) is 18.3 Å². The molecule has 0 bridgehead atoms. The van der Waals surface area contributed by atoms with E-state index in [2.05, 4.69) is 16.9 Å². The number of anilines is 1. The molecule has 0 spiro atoms. The molecular formula is C15H20N4O2. The highest BCUT2D eigenvalue weighted by atomic mass is 16.5. The lowest BCUT2D eigenvalue weighted by molar-refractivity contribution is 0.0595. The maximum Gasteiger partial charge on any atom is 0.360 e. The molecule has 0 atom stereocenters. The van der Waals surface area contributed by atoms with Crippen LogP contribution in [0.1, 0.15) is 41.4 Å². The maximum absolute atomic E-state index is 11.7. The molecule has 0 aliphatic rings. The Balaban J connectivity index is 2.44. The summed E-state index contributed by atoms with van der Waals surface area (Å²) in [6.45, 7) is 4.56. The smallest absolute Gasteiger partial charge is 0.360 e. The Morgan fingerprint density at radius 3 is 2.76 bits per heavy atom. The van der Waals surface area contributed by atoms with E-state index >= 15 is 0 Å². The number of nitrogen functional groups attached to an aromatic ring is 1. The molecule has 0 saturated heterocycles. The Hall–Kier alpha value is -2.37. The number of carbonyl (C=O) groups excluding carboxylic acids is 1. The third-order valence-electron chi connectivity index (χ3n) is 3.45. The molecule has 2 heterocycles. The van der Waals surface area contributed by atoms with E-state index in [4.69, 9.17) is 10.5 Å². The van der Waals surface area contributed by atoms with Crippen molar-refractivity contribution >= 4 is 11.8 Å². The second-order valence-electron chi connectivity index (χ2n) is 4.66. The van der Waals surface area contributed by atoms with Crippen molar-refractivity contribution < 1.29 is 9.53 Å². The average molecular weight is 288 g/mol. The van der Waals surface area contributed by atoms with E-state index in [1.807, 2.05) is 23.6 Å². The predicted molar refractivity (Wildman–Crippen MR) is 80.1 cm³/mol. The zero-order valence-corrected chi connectivity index (χ0v) is 12.6. The standard InChI is InChI=1S/C15H20N4O2/c1-4-10-7-6-8-17-11(10)9-19-12(5-2)18-13(14(19)16)15(20)21-3/h6-8H,4-5,9,16H2,1-3H3. The summed E-state index contributed by atoms with van der Waals surface area (Å²) in [5, 5.41) is 0. The Kier molecular flexibility index (Phi) is 4.57. The Labute approximate surface area is 124 Å². The van der Waals surface area contributed by atoms with Gasteiger partial charge in [-0.05, 0) is 18.1 Å². The first-order valence-electron chi connectivity index (χ1n) is 6.98. The van der Waals surface area contributed by atoms with Crippen LogP contribution >= 0.6 is 0 Å². The van der Waals surface area contributed by atoms with Crippen LogP contribution < -0.4 is 5.73 Å². The van der Waals surface area contributed by atoms with Crippen LogP contribution in [-0.2, 0) is 24.1 Å². The second-order valence-corrected chi connectivity index (χ2v) is 4.66. The third-order valence-corrected chi connectivity index (χ3v) is 3.45. The Morgan fingerprint density at radius 1 is 1.38 bits per heavy atom. The molecule has 0 unspecified atom stereocenters. The number of nitrogens with zero attached hydrogens (tertiary/aromatic N) is 3. The minimum absolute atomic E-state index is 0.170. The number of hydrogen-bond acceptors (Lipinski definition) is 5. The molecule has 0 aliphatic carbocycles. The van der Waals surface area contributed by atoms with Gasteiger partial charge >= 0.3 is 5.97 Å². The van der Waals surface area contributed by atoms with Gasteiger partial charge in [-0.25, -0.2) is 9.78 Å². The number of rotatable bonds is 5. The summed E-state index contributed by atoms with van der Waals surface area (Å²) < 4.78 is 6.54. The molecule has 6 heteroatoms. The molecule has 2 rings (SSSR count). The van der Waals surface area contributed by atoms with Gasteiger partial charge in [-0.3, -0.25) is 4.98 Å². The molecule has 0 amide bonds. The van der Waals surface area contributed by atoms with E-state index in [0.29, 0.717) is 18.8 Å². The van der Waals surface area contributed by atoms with E-state index < -0.39 is 5.97 Å². The highest BCUT2D eigenvalue weighted by Gasteiger charge is 2.21.